The zero-order valence-corrected chi connectivity index (χ0v) is 13.2. The van der Waals surface area contributed by atoms with Gasteiger partial charge in [0.1, 0.15) is 0 Å². The van der Waals surface area contributed by atoms with Crippen molar-refractivity contribution in [2.45, 2.75) is 31.7 Å². The lowest BCUT2D eigenvalue weighted by atomic mass is 10.2. The number of nitrogens with one attached hydrogen (secondary N) is 2. The van der Waals surface area contributed by atoms with Gasteiger partial charge in [-0.15, -0.1) is 24.0 Å². The minimum atomic E-state index is 0. The van der Waals surface area contributed by atoms with E-state index in [4.69, 9.17) is 0 Å². The van der Waals surface area contributed by atoms with Crippen molar-refractivity contribution in [3.05, 3.63) is 0 Å². The van der Waals surface area contributed by atoms with E-state index in [9.17, 15) is 0 Å². The fourth-order valence-electron chi connectivity index (χ4n) is 2.24. The average molecular weight is 352 g/mol. The molecule has 1 aliphatic carbocycles. The van der Waals surface area contributed by atoms with Crippen LogP contribution in [0.2, 0.25) is 0 Å². The summed E-state index contributed by atoms with van der Waals surface area (Å²) in [5.41, 5.74) is 0. The highest BCUT2D eigenvalue weighted by Crippen LogP contribution is 2.27. The van der Waals surface area contributed by atoms with Gasteiger partial charge in [-0.3, -0.25) is 4.99 Å². The first kappa shape index (κ1) is 15.0. The largest absolute Gasteiger partial charge is 0.356 e. The Morgan fingerprint density at radius 2 is 1.94 bits per heavy atom. The summed E-state index contributed by atoms with van der Waals surface area (Å²) in [6.45, 7) is 3.33. The van der Waals surface area contributed by atoms with Gasteiger partial charge >= 0.3 is 0 Å². The minimum Gasteiger partial charge on any atom is -0.356 e. The number of likely N-dealkylation sites (N-methyl/N-ethyl adjacent to an activating group) is 1. The maximum atomic E-state index is 4.25. The minimum absolute atomic E-state index is 0. The van der Waals surface area contributed by atoms with Gasteiger partial charge in [-0.25, -0.2) is 0 Å². The van der Waals surface area contributed by atoms with Crippen LogP contribution >= 0.6 is 24.0 Å². The molecule has 17 heavy (non-hydrogen) atoms. The summed E-state index contributed by atoms with van der Waals surface area (Å²) < 4.78 is 0. The molecule has 1 heterocycles. The van der Waals surface area contributed by atoms with Crippen LogP contribution in [0.4, 0.5) is 0 Å². The number of hydrogen-bond acceptors (Lipinski definition) is 2. The summed E-state index contributed by atoms with van der Waals surface area (Å²) in [5, 5.41) is 6.81. The van der Waals surface area contributed by atoms with Gasteiger partial charge in [0, 0.05) is 26.2 Å². The Balaban J connectivity index is 0.00000144. The SMILES string of the molecule is CN=C(NCC1CC1)NCC1CCCN1C.I. The molecule has 0 aromatic rings. The lowest BCUT2D eigenvalue weighted by Crippen LogP contribution is -2.44. The van der Waals surface area contributed by atoms with E-state index in [1.165, 1.54) is 32.2 Å². The smallest absolute Gasteiger partial charge is 0.191 e. The first-order valence-electron chi connectivity index (χ1n) is 6.44. The second-order valence-electron chi connectivity index (χ2n) is 5.05. The fourth-order valence-corrected chi connectivity index (χ4v) is 2.24. The summed E-state index contributed by atoms with van der Waals surface area (Å²) in [5.74, 6) is 1.86. The lowest BCUT2D eigenvalue weighted by molar-refractivity contribution is 0.309. The zero-order chi connectivity index (χ0) is 11.4. The van der Waals surface area contributed by atoms with E-state index >= 15 is 0 Å². The predicted molar refractivity (Wildman–Crippen MR) is 83.2 cm³/mol. The number of rotatable bonds is 4. The molecule has 2 rings (SSSR count). The number of aliphatic imine (C=N–C) groups is 1. The molecule has 1 saturated carbocycles. The van der Waals surface area contributed by atoms with Crippen LogP contribution in [0.3, 0.4) is 0 Å². The summed E-state index contributed by atoms with van der Waals surface area (Å²) in [6.07, 6.45) is 5.41. The highest BCUT2D eigenvalue weighted by Gasteiger charge is 2.22. The fraction of sp³-hybridized carbons (Fsp3) is 0.917. The molecule has 0 spiro atoms. The summed E-state index contributed by atoms with van der Waals surface area (Å²) >= 11 is 0. The maximum Gasteiger partial charge on any atom is 0.191 e. The van der Waals surface area contributed by atoms with E-state index in [1.54, 1.807) is 0 Å². The quantitative estimate of drug-likeness (QED) is 0.455. The summed E-state index contributed by atoms with van der Waals surface area (Å²) in [4.78, 5) is 6.68. The van der Waals surface area contributed by atoms with Crippen molar-refractivity contribution < 1.29 is 0 Å². The third kappa shape index (κ3) is 4.99. The van der Waals surface area contributed by atoms with Crippen LogP contribution in [0.5, 0.6) is 0 Å². The van der Waals surface area contributed by atoms with Crippen molar-refractivity contribution in [2.75, 3.05) is 33.7 Å². The molecule has 0 amide bonds. The van der Waals surface area contributed by atoms with E-state index in [0.29, 0.717) is 6.04 Å². The molecule has 0 aromatic heterocycles. The molecular weight excluding hydrogens is 327 g/mol. The zero-order valence-electron chi connectivity index (χ0n) is 10.9. The molecule has 0 radical (unpaired) electrons. The highest BCUT2D eigenvalue weighted by atomic mass is 127. The van der Waals surface area contributed by atoms with Gasteiger partial charge in [0.05, 0.1) is 0 Å². The normalized spacial score (nSPS) is 25.5. The van der Waals surface area contributed by atoms with Crippen LogP contribution in [0.1, 0.15) is 25.7 Å². The van der Waals surface area contributed by atoms with Crippen LogP contribution in [0.15, 0.2) is 4.99 Å². The van der Waals surface area contributed by atoms with Gasteiger partial charge in [-0.1, -0.05) is 0 Å². The molecular formula is C12H25IN4. The summed E-state index contributed by atoms with van der Waals surface area (Å²) in [7, 11) is 4.06. The number of likely N-dealkylation sites (tertiary alicyclic amines) is 1. The summed E-state index contributed by atoms with van der Waals surface area (Å²) in [6, 6.07) is 0.680. The van der Waals surface area contributed by atoms with Gasteiger partial charge in [0.2, 0.25) is 0 Å². The van der Waals surface area contributed by atoms with Gasteiger partial charge in [0.25, 0.3) is 0 Å². The van der Waals surface area contributed by atoms with Crippen molar-refractivity contribution in [2.24, 2.45) is 10.9 Å². The molecule has 1 unspecified atom stereocenters. The predicted octanol–water partition coefficient (Wildman–Crippen LogP) is 1.27. The number of nitrogens with zero attached hydrogens (tertiary/aromatic N) is 2. The Morgan fingerprint density at radius 1 is 1.24 bits per heavy atom. The van der Waals surface area contributed by atoms with Gasteiger partial charge in [0.15, 0.2) is 5.96 Å². The molecule has 1 atom stereocenters. The van der Waals surface area contributed by atoms with Crippen molar-refractivity contribution in [3.63, 3.8) is 0 Å². The van der Waals surface area contributed by atoms with E-state index in [2.05, 4.69) is 27.6 Å². The molecule has 1 saturated heterocycles. The first-order chi connectivity index (χ1) is 7.79. The number of halogens is 1. The Bertz CT molecular complexity index is 253. The van der Waals surface area contributed by atoms with Gasteiger partial charge < -0.3 is 15.5 Å². The molecule has 2 N–H and O–H groups in total. The molecule has 2 fully saturated rings. The van der Waals surface area contributed by atoms with E-state index in [1.807, 2.05) is 7.05 Å². The Labute approximate surface area is 122 Å². The van der Waals surface area contributed by atoms with Crippen LogP contribution in [0, 0.1) is 5.92 Å². The molecule has 100 valence electrons. The topological polar surface area (TPSA) is 39.7 Å². The second kappa shape index (κ2) is 7.41. The van der Waals surface area contributed by atoms with Crippen molar-refractivity contribution in [1.29, 1.82) is 0 Å². The van der Waals surface area contributed by atoms with Gasteiger partial charge in [-0.05, 0) is 45.2 Å². The molecule has 0 aromatic carbocycles. The number of hydrogen-bond donors (Lipinski definition) is 2. The first-order valence-corrected chi connectivity index (χ1v) is 6.44. The van der Waals surface area contributed by atoms with Crippen molar-refractivity contribution in [1.82, 2.24) is 15.5 Å². The molecule has 4 nitrogen and oxygen atoms in total. The standard InChI is InChI=1S/C12H24N4.HI/c1-13-12(14-8-10-5-6-10)15-9-11-4-3-7-16(11)2;/h10-11H,3-9H2,1-2H3,(H2,13,14,15);1H. The van der Waals surface area contributed by atoms with Crippen molar-refractivity contribution in [3.8, 4) is 0 Å². The van der Waals surface area contributed by atoms with E-state index < -0.39 is 0 Å². The van der Waals surface area contributed by atoms with Crippen LogP contribution in [0.25, 0.3) is 0 Å². The van der Waals surface area contributed by atoms with E-state index in [-0.39, 0.29) is 24.0 Å². The van der Waals surface area contributed by atoms with Gasteiger partial charge in [-0.2, -0.15) is 0 Å². The molecule has 2 aliphatic rings. The molecule has 1 aliphatic heterocycles. The third-order valence-electron chi connectivity index (χ3n) is 3.66. The molecule has 0 bridgehead atoms. The Hall–Kier alpha value is -0.0400. The van der Waals surface area contributed by atoms with E-state index in [0.717, 1.165) is 25.0 Å². The lowest BCUT2D eigenvalue weighted by Gasteiger charge is -2.21. The second-order valence-corrected chi connectivity index (χ2v) is 5.05. The van der Waals surface area contributed by atoms with Crippen LogP contribution in [-0.2, 0) is 0 Å². The average Bonchev–Trinajstić information content (AvgIpc) is 3.03. The Morgan fingerprint density at radius 3 is 2.47 bits per heavy atom. The van der Waals surface area contributed by atoms with Crippen LogP contribution < -0.4 is 10.6 Å². The maximum absolute atomic E-state index is 4.25. The Kier molecular flexibility index (Phi) is 6.54. The number of guanidine groups is 1. The molecule has 5 heteroatoms. The third-order valence-corrected chi connectivity index (χ3v) is 3.66. The van der Waals surface area contributed by atoms with Crippen molar-refractivity contribution >= 4 is 29.9 Å². The monoisotopic (exact) mass is 352 g/mol. The van der Waals surface area contributed by atoms with Crippen LogP contribution in [-0.4, -0.2) is 50.6 Å². The highest BCUT2D eigenvalue weighted by molar-refractivity contribution is 14.0.